The van der Waals surface area contributed by atoms with E-state index in [2.05, 4.69) is 53.7 Å². The Bertz CT molecular complexity index is 373. The molecule has 0 aromatic heterocycles. The molecule has 1 aromatic carbocycles. The Balaban J connectivity index is 2.34. The number of guanidine groups is 1. The van der Waals surface area contributed by atoms with Crippen molar-refractivity contribution in [3.05, 3.63) is 35.4 Å². The van der Waals surface area contributed by atoms with Crippen molar-refractivity contribution in [2.75, 3.05) is 33.4 Å². The van der Waals surface area contributed by atoms with Crippen LogP contribution < -0.4 is 10.6 Å². The smallest absolute Gasteiger partial charge is 0.191 e. The molecule has 0 radical (unpaired) electrons. The number of nitrogens with zero attached hydrogens (tertiary/aromatic N) is 1. The Hall–Kier alpha value is -1.55. The van der Waals surface area contributed by atoms with Gasteiger partial charge in [-0.15, -0.1) is 0 Å². The van der Waals surface area contributed by atoms with Crippen molar-refractivity contribution in [3.8, 4) is 0 Å². The second-order valence-corrected chi connectivity index (χ2v) is 4.42. The average Bonchev–Trinajstić information content (AvgIpc) is 2.41. The maximum Gasteiger partial charge on any atom is 0.191 e. The molecule has 4 heteroatoms. The highest BCUT2D eigenvalue weighted by Gasteiger charge is 1.97. The number of nitrogens with one attached hydrogen (secondary N) is 2. The maximum atomic E-state index is 4.99. The molecule has 4 nitrogen and oxygen atoms in total. The van der Waals surface area contributed by atoms with Gasteiger partial charge in [0.05, 0.1) is 13.2 Å². The molecule has 0 unspecified atom stereocenters. The lowest BCUT2D eigenvalue weighted by Gasteiger charge is -2.11. The van der Waals surface area contributed by atoms with Crippen LogP contribution in [0.3, 0.4) is 0 Å². The van der Waals surface area contributed by atoms with Gasteiger partial charge in [-0.3, -0.25) is 4.99 Å². The van der Waals surface area contributed by atoms with Gasteiger partial charge in [0, 0.05) is 20.2 Å². The standard InChI is InChI=1S/C15H25N3O/c1-4-16-15(18-11-12-19-3)17-10-9-14-7-5-13(2)6-8-14/h5-8H,4,9-12H2,1-3H3,(H2,16,17,18). The molecule has 0 saturated carbocycles. The first kappa shape index (κ1) is 15.5. The number of hydrogen-bond acceptors (Lipinski definition) is 2. The Labute approximate surface area is 116 Å². The van der Waals surface area contributed by atoms with Crippen LogP contribution >= 0.6 is 0 Å². The second kappa shape index (κ2) is 9.39. The van der Waals surface area contributed by atoms with E-state index in [-0.39, 0.29) is 0 Å². The van der Waals surface area contributed by atoms with Crippen LogP contribution in [0.4, 0.5) is 0 Å². The molecule has 0 heterocycles. The molecular formula is C15H25N3O. The summed E-state index contributed by atoms with van der Waals surface area (Å²) >= 11 is 0. The van der Waals surface area contributed by atoms with Crippen molar-refractivity contribution in [1.82, 2.24) is 10.6 Å². The van der Waals surface area contributed by atoms with Gasteiger partial charge in [-0.1, -0.05) is 29.8 Å². The van der Waals surface area contributed by atoms with Gasteiger partial charge >= 0.3 is 0 Å². The molecule has 0 amide bonds. The highest BCUT2D eigenvalue weighted by molar-refractivity contribution is 5.79. The number of methoxy groups -OCH3 is 1. The summed E-state index contributed by atoms with van der Waals surface area (Å²) in [6, 6.07) is 8.64. The monoisotopic (exact) mass is 263 g/mol. The SMILES string of the molecule is CCNC(=NCCOC)NCCc1ccc(C)cc1. The minimum atomic E-state index is 0.647. The molecule has 0 bridgehead atoms. The quantitative estimate of drug-likeness (QED) is 0.447. The second-order valence-electron chi connectivity index (χ2n) is 4.42. The molecule has 0 atom stereocenters. The lowest BCUT2D eigenvalue weighted by Crippen LogP contribution is -2.38. The minimum Gasteiger partial charge on any atom is -0.383 e. The molecule has 0 spiro atoms. The molecule has 0 fully saturated rings. The third-order valence-corrected chi connectivity index (χ3v) is 2.74. The van der Waals surface area contributed by atoms with Gasteiger partial charge in [0.25, 0.3) is 0 Å². The molecule has 1 aromatic rings. The van der Waals surface area contributed by atoms with Gasteiger partial charge in [0.2, 0.25) is 0 Å². The molecule has 0 aliphatic carbocycles. The number of rotatable bonds is 7. The fourth-order valence-corrected chi connectivity index (χ4v) is 1.67. The van der Waals surface area contributed by atoms with E-state index in [1.807, 2.05) is 0 Å². The zero-order chi connectivity index (χ0) is 13.9. The van der Waals surface area contributed by atoms with Crippen LogP contribution in [0, 0.1) is 6.92 Å². The van der Waals surface area contributed by atoms with Crippen LogP contribution in [-0.4, -0.2) is 39.3 Å². The Morgan fingerprint density at radius 2 is 1.95 bits per heavy atom. The van der Waals surface area contributed by atoms with E-state index >= 15 is 0 Å². The third-order valence-electron chi connectivity index (χ3n) is 2.74. The van der Waals surface area contributed by atoms with Crippen molar-refractivity contribution < 1.29 is 4.74 Å². The summed E-state index contributed by atoms with van der Waals surface area (Å²) in [5.41, 5.74) is 2.64. The first-order valence-electron chi connectivity index (χ1n) is 6.83. The summed E-state index contributed by atoms with van der Waals surface area (Å²) < 4.78 is 4.99. The van der Waals surface area contributed by atoms with Crippen LogP contribution in [-0.2, 0) is 11.2 Å². The lowest BCUT2D eigenvalue weighted by molar-refractivity contribution is 0.208. The minimum absolute atomic E-state index is 0.647. The Kier molecular flexibility index (Phi) is 7.66. The molecule has 1 rings (SSSR count). The number of benzene rings is 1. The number of ether oxygens (including phenoxy) is 1. The summed E-state index contributed by atoms with van der Waals surface area (Å²) in [4.78, 5) is 4.42. The third kappa shape index (κ3) is 6.82. The van der Waals surface area contributed by atoms with Gasteiger partial charge in [0.15, 0.2) is 5.96 Å². The molecule has 0 saturated heterocycles. The maximum absolute atomic E-state index is 4.99. The highest BCUT2D eigenvalue weighted by Crippen LogP contribution is 2.02. The van der Waals surface area contributed by atoms with Crippen molar-refractivity contribution in [1.29, 1.82) is 0 Å². The summed E-state index contributed by atoms with van der Waals surface area (Å²) in [7, 11) is 1.69. The van der Waals surface area contributed by atoms with Crippen LogP contribution in [0.15, 0.2) is 29.3 Å². The van der Waals surface area contributed by atoms with Crippen molar-refractivity contribution in [3.63, 3.8) is 0 Å². The lowest BCUT2D eigenvalue weighted by atomic mass is 10.1. The van der Waals surface area contributed by atoms with Gasteiger partial charge in [0.1, 0.15) is 0 Å². The fourth-order valence-electron chi connectivity index (χ4n) is 1.67. The Morgan fingerprint density at radius 3 is 2.58 bits per heavy atom. The zero-order valence-electron chi connectivity index (χ0n) is 12.2. The number of hydrogen-bond donors (Lipinski definition) is 2. The molecule has 19 heavy (non-hydrogen) atoms. The van der Waals surface area contributed by atoms with Gasteiger partial charge in [-0.2, -0.15) is 0 Å². The largest absolute Gasteiger partial charge is 0.383 e. The molecule has 0 aliphatic heterocycles. The van der Waals surface area contributed by atoms with Crippen LogP contribution in [0.1, 0.15) is 18.1 Å². The van der Waals surface area contributed by atoms with Crippen LogP contribution in [0.25, 0.3) is 0 Å². The van der Waals surface area contributed by atoms with Crippen molar-refractivity contribution in [2.24, 2.45) is 4.99 Å². The van der Waals surface area contributed by atoms with Crippen LogP contribution in [0.5, 0.6) is 0 Å². The van der Waals surface area contributed by atoms with E-state index in [1.54, 1.807) is 7.11 Å². The van der Waals surface area contributed by atoms with E-state index in [9.17, 15) is 0 Å². The average molecular weight is 263 g/mol. The van der Waals surface area contributed by atoms with Gasteiger partial charge in [-0.05, 0) is 25.8 Å². The first-order chi connectivity index (χ1) is 9.26. The molecule has 0 aliphatic rings. The summed E-state index contributed by atoms with van der Waals surface area (Å²) in [5, 5.41) is 6.55. The van der Waals surface area contributed by atoms with E-state index in [4.69, 9.17) is 4.74 Å². The normalized spacial score (nSPS) is 11.4. The number of aliphatic imine (C=N–C) groups is 1. The highest BCUT2D eigenvalue weighted by atomic mass is 16.5. The van der Waals surface area contributed by atoms with Crippen molar-refractivity contribution in [2.45, 2.75) is 20.3 Å². The molecular weight excluding hydrogens is 238 g/mol. The van der Waals surface area contributed by atoms with E-state index in [1.165, 1.54) is 11.1 Å². The van der Waals surface area contributed by atoms with Crippen LogP contribution in [0.2, 0.25) is 0 Å². The Morgan fingerprint density at radius 1 is 1.21 bits per heavy atom. The number of aryl methyl sites for hydroxylation is 1. The molecule has 2 N–H and O–H groups in total. The van der Waals surface area contributed by atoms with E-state index in [0.717, 1.165) is 25.5 Å². The molecule has 106 valence electrons. The topological polar surface area (TPSA) is 45.7 Å². The summed E-state index contributed by atoms with van der Waals surface area (Å²) in [6.45, 7) is 7.23. The van der Waals surface area contributed by atoms with E-state index in [0.29, 0.717) is 13.2 Å². The zero-order valence-corrected chi connectivity index (χ0v) is 12.2. The van der Waals surface area contributed by atoms with Gasteiger partial charge in [-0.25, -0.2) is 0 Å². The summed E-state index contributed by atoms with van der Waals surface area (Å²) in [5.74, 6) is 0.853. The predicted molar refractivity (Wildman–Crippen MR) is 80.7 cm³/mol. The fraction of sp³-hybridized carbons (Fsp3) is 0.533. The van der Waals surface area contributed by atoms with Crippen molar-refractivity contribution >= 4 is 5.96 Å². The van der Waals surface area contributed by atoms with E-state index < -0.39 is 0 Å². The predicted octanol–water partition coefficient (Wildman–Crippen LogP) is 1.74. The van der Waals surface area contributed by atoms with Gasteiger partial charge < -0.3 is 15.4 Å². The summed E-state index contributed by atoms with van der Waals surface area (Å²) in [6.07, 6.45) is 0.995. The first-order valence-corrected chi connectivity index (χ1v) is 6.83.